The lowest BCUT2D eigenvalue weighted by Crippen LogP contribution is -2.48. The summed E-state index contributed by atoms with van der Waals surface area (Å²) >= 11 is 0. The van der Waals surface area contributed by atoms with Crippen LogP contribution in [0.5, 0.6) is 0 Å². The van der Waals surface area contributed by atoms with E-state index in [1.165, 1.54) is 11.1 Å². The molecule has 0 spiro atoms. The minimum atomic E-state index is -1.98. The van der Waals surface area contributed by atoms with Crippen molar-refractivity contribution in [2.24, 2.45) is 0 Å². The maximum Gasteiger partial charge on any atom is 0.192 e. The lowest BCUT2D eigenvalue weighted by atomic mass is 10.00. The molecular formula is C29H39NO2Si. The molecule has 33 heavy (non-hydrogen) atoms. The molecule has 3 nitrogen and oxygen atoms in total. The predicted octanol–water partition coefficient (Wildman–Crippen LogP) is 6.81. The Kier molecular flexibility index (Phi) is 8.66. The molecule has 0 unspecified atom stereocenters. The average molecular weight is 462 g/mol. The Morgan fingerprint density at radius 2 is 1.18 bits per heavy atom. The van der Waals surface area contributed by atoms with Crippen molar-refractivity contribution in [2.45, 2.75) is 64.1 Å². The zero-order valence-electron chi connectivity index (χ0n) is 20.7. The Labute approximate surface area is 201 Å². The van der Waals surface area contributed by atoms with Crippen molar-refractivity contribution in [1.82, 2.24) is 4.90 Å². The van der Waals surface area contributed by atoms with E-state index < -0.39 is 14.4 Å². The summed E-state index contributed by atoms with van der Waals surface area (Å²) in [6, 6.07) is 30.8. The van der Waals surface area contributed by atoms with Crippen LogP contribution in [0, 0.1) is 0 Å². The zero-order chi connectivity index (χ0) is 23.9. The van der Waals surface area contributed by atoms with Gasteiger partial charge in [0, 0.05) is 13.1 Å². The number of nitrogens with zero attached hydrogens (tertiary/aromatic N) is 1. The van der Waals surface area contributed by atoms with Gasteiger partial charge >= 0.3 is 0 Å². The zero-order valence-corrected chi connectivity index (χ0v) is 21.7. The molecule has 3 aromatic carbocycles. The van der Waals surface area contributed by atoms with Crippen LogP contribution in [0.2, 0.25) is 18.1 Å². The molecule has 3 rings (SSSR count). The number of rotatable bonds is 10. The third-order valence-electron chi connectivity index (χ3n) is 6.85. The SMILES string of the molecule is CC(C)(C)[Si](C)(C)OC[C@@H]([C@H](O)c1ccccc1)N(Cc1ccccc1)Cc1ccccc1. The van der Waals surface area contributed by atoms with Crippen LogP contribution in [-0.2, 0) is 17.5 Å². The average Bonchev–Trinajstić information content (AvgIpc) is 2.80. The second kappa shape index (κ2) is 11.3. The summed E-state index contributed by atoms with van der Waals surface area (Å²) in [6.07, 6.45) is -0.650. The first kappa shape index (κ1) is 25.4. The standard InChI is InChI=1S/C29H39NO2Si/c1-29(2,3)33(4,5)32-23-27(28(31)26-19-13-8-14-20-26)30(21-24-15-9-6-10-16-24)22-25-17-11-7-12-18-25/h6-20,27-28,31H,21-23H2,1-5H3/t27-,28+/m0/s1. The van der Waals surface area contributed by atoms with E-state index in [2.05, 4.69) is 87.3 Å². The molecular weight excluding hydrogens is 422 g/mol. The van der Waals surface area contributed by atoms with Gasteiger partial charge in [-0.15, -0.1) is 0 Å². The highest BCUT2D eigenvalue weighted by Crippen LogP contribution is 2.37. The number of aliphatic hydroxyl groups excluding tert-OH is 1. The summed E-state index contributed by atoms with van der Waals surface area (Å²) < 4.78 is 6.69. The largest absolute Gasteiger partial charge is 0.415 e. The van der Waals surface area contributed by atoms with Gasteiger partial charge in [0.2, 0.25) is 0 Å². The molecule has 0 radical (unpaired) electrons. The van der Waals surface area contributed by atoms with Crippen molar-refractivity contribution in [3.05, 3.63) is 108 Å². The minimum absolute atomic E-state index is 0.110. The van der Waals surface area contributed by atoms with Crippen LogP contribution in [0.25, 0.3) is 0 Å². The van der Waals surface area contributed by atoms with E-state index in [0.29, 0.717) is 6.61 Å². The van der Waals surface area contributed by atoms with Gasteiger partial charge in [-0.05, 0) is 34.8 Å². The van der Waals surface area contributed by atoms with Crippen LogP contribution in [0.1, 0.15) is 43.6 Å². The summed E-state index contributed by atoms with van der Waals surface area (Å²) in [5.41, 5.74) is 3.38. The highest BCUT2D eigenvalue weighted by molar-refractivity contribution is 6.74. The second-order valence-electron chi connectivity index (χ2n) is 10.4. The van der Waals surface area contributed by atoms with Gasteiger partial charge in [0.25, 0.3) is 0 Å². The predicted molar refractivity (Wildman–Crippen MR) is 140 cm³/mol. The summed E-state index contributed by atoms with van der Waals surface area (Å²) in [4.78, 5) is 2.37. The van der Waals surface area contributed by atoms with Crippen LogP contribution in [0.15, 0.2) is 91.0 Å². The lowest BCUT2D eigenvalue weighted by molar-refractivity contribution is 0.00883. The van der Waals surface area contributed by atoms with Gasteiger partial charge in [0.1, 0.15) is 0 Å². The van der Waals surface area contributed by atoms with Crippen molar-refractivity contribution >= 4 is 8.32 Å². The van der Waals surface area contributed by atoms with E-state index in [0.717, 1.165) is 18.7 Å². The van der Waals surface area contributed by atoms with Crippen molar-refractivity contribution in [2.75, 3.05) is 6.61 Å². The maximum absolute atomic E-state index is 11.6. The van der Waals surface area contributed by atoms with Gasteiger partial charge in [-0.2, -0.15) is 0 Å². The fourth-order valence-electron chi connectivity index (χ4n) is 3.71. The van der Waals surface area contributed by atoms with Crippen LogP contribution in [0.3, 0.4) is 0 Å². The van der Waals surface area contributed by atoms with E-state index in [-0.39, 0.29) is 11.1 Å². The third kappa shape index (κ3) is 7.12. The lowest BCUT2D eigenvalue weighted by Gasteiger charge is -2.41. The molecule has 2 atom stereocenters. The van der Waals surface area contributed by atoms with Crippen LogP contribution in [-0.4, -0.2) is 31.0 Å². The first-order chi connectivity index (χ1) is 15.7. The highest BCUT2D eigenvalue weighted by Gasteiger charge is 2.39. The van der Waals surface area contributed by atoms with E-state index in [1.54, 1.807) is 0 Å². The smallest absolute Gasteiger partial charge is 0.192 e. The summed E-state index contributed by atoms with van der Waals surface area (Å²) in [5, 5.41) is 11.7. The van der Waals surface area contributed by atoms with Gasteiger partial charge in [-0.25, -0.2) is 0 Å². The van der Waals surface area contributed by atoms with Crippen molar-refractivity contribution in [3.8, 4) is 0 Å². The third-order valence-corrected chi connectivity index (χ3v) is 11.4. The van der Waals surface area contributed by atoms with Crippen molar-refractivity contribution < 1.29 is 9.53 Å². The Hall–Kier alpha value is -2.24. The van der Waals surface area contributed by atoms with E-state index in [9.17, 15) is 5.11 Å². The minimum Gasteiger partial charge on any atom is -0.415 e. The number of hydrogen-bond acceptors (Lipinski definition) is 3. The van der Waals surface area contributed by atoms with E-state index >= 15 is 0 Å². The molecule has 0 aromatic heterocycles. The van der Waals surface area contributed by atoms with E-state index in [4.69, 9.17) is 4.43 Å². The summed E-state index contributed by atoms with van der Waals surface area (Å²) in [5.74, 6) is 0. The molecule has 0 aliphatic heterocycles. The summed E-state index contributed by atoms with van der Waals surface area (Å²) in [7, 11) is -1.98. The number of aliphatic hydroxyl groups is 1. The van der Waals surface area contributed by atoms with Crippen LogP contribution in [0.4, 0.5) is 0 Å². The quantitative estimate of drug-likeness (QED) is 0.337. The Bertz CT molecular complexity index is 914. The molecule has 4 heteroatoms. The summed E-state index contributed by atoms with van der Waals surface area (Å²) in [6.45, 7) is 13.3. The maximum atomic E-state index is 11.6. The molecule has 0 saturated heterocycles. The monoisotopic (exact) mass is 461 g/mol. The molecule has 0 heterocycles. The van der Waals surface area contributed by atoms with Gasteiger partial charge in [-0.1, -0.05) is 112 Å². The molecule has 0 aliphatic rings. The second-order valence-corrected chi connectivity index (χ2v) is 15.2. The number of hydrogen-bond donors (Lipinski definition) is 1. The molecule has 0 fully saturated rings. The Morgan fingerprint density at radius 1 is 0.758 bits per heavy atom. The first-order valence-electron chi connectivity index (χ1n) is 11.9. The van der Waals surface area contributed by atoms with Crippen LogP contribution < -0.4 is 0 Å². The van der Waals surface area contributed by atoms with E-state index in [1.807, 2.05) is 42.5 Å². The first-order valence-corrected chi connectivity index (χ1v) is 14.8. The molecule has 176 valence electrons. The fraction of sp³-hybridized carbons (Fsp3) is 0.379. The topological polar surface area (TPSA) is 32.7 Å². The molecule has 0 saturated carbocycles. The molecule has 0 amide bonds. The normalized spacial score (nSPS) is 14.3. The van der Waals surface area contributed by atoms with Crippen molar-refractivity contribution in [1.29, 1.82) is 0 Å². The van der Waals surface area contributed by atoms with Gasteiger partial charge in [0.15, 0.2) is 8.32 Å². The molecule has 3 aromatic rings. The van der Waals surface area contributed by atoms with Gasteiger partial charge < -0.3 is 9.53 Å². The molecule has 0 aliphatic carbocycles. The van der Waals surface area contributed by atoms with Gasteiger partial charge in [0.05, 0.1) is 18.8 Å². The Balaban J connectivity index is 1.95. The highest BCUT2D eigenvalue weighted by atomic mass is 28.4. The molecule has 1 N–H and O–H groups in total. The van der Waals surface area contributed by atoms with Gasteiger partial charge in [-0.3, -0.25) is 4.90 Å². The number of benzene rings is 3. The fourth-order valence-corrected chi connectivity index (χ4v) is 4.73. The Morgan fingerprint density at radius 3 is 1.61 bits per heavy atom. The van der Waals surface area contributed by atoms with Crippen LogP contribution >= 0.6 is 0 Å². The molecule has 0 bridgehead atoms. The van der Waals surface area contributed by atoms with Crippen molar-refractivity contribution in [3.63, 3.8) is 0 Å².